The maximum absolute atomic E-state index is 13.6. The second-order valence-corrected chi connectivity index (χ2v) is 9.83. The molecule has 0 radical (unpaired) electrons. The van der Waals surface area contributed by atoms with Crippen LogP contribution < -0.4 is 11.0 Å². The summed E-state index contributed by atoms with van der Waals surface area (Å²) >= 11 is 0. The topological polar surface area (TPSA) is 115 Å². The van der Waals surface area contributed by atoms with E-state index in [0.29, 0.717) is 36.3 Å². The van der Waals surface area contributed by atoms with Gasteiger partial charge in [0.2, 0.25) is 0 Å². The molecule has 0 spiro atoms. The molecule has 4 heterocycles. The van der Waals surface area contributed by atoms with Crippen LogP contribution in [0.15, 0.2) is 66.0 Å². The van der Waals surface area contributed by atoms with Crippen LogP contribution in [0.5, 0.6) is 0 Å². The van der Waals surface area contributed by atoms with E-state index in [1.807, 2.05) is 54.3 Å². The monoisotopic (exact) mass is 520 g/mol. The van der Waals surface area contributed by atoms with E-state index in [1.54, 1.807) is 28.5 Å². The molecule has 39 heavy (non-hydrogen) atoms. The van der Waals surface area contributed by atoms with Gasteiger partial charge in [0, 0.05) is 56.8 Å². The molecule has 0 saturated heterocycles. The Bertz CT molecular complexity index is 1770. The van der Waals surface area contributed by atoms with Crippen LogP contribution in [0.1, 0.15) is 35.6 Å². The van der Waals surface area contributed by atoms with Gasteiger partial charge in [0.25, 0.3) is 0 Å². The maximum atomic E-state index is 13.6. The van der Waals surface area contributed by atoms with Gasteiger partial charge < -0.3 is 14.6 Å². The average Bonchev–Trinajstić information content (AvgIpc) is 3.65. The largest absolute Gasteiger partial charge is 0.383 e. The third kappa shape index (κ3) is 4.85. The first-order chi connectivity index (χ1) is 19.1. The lowest BCUT2D eigenvalue weighted by Crippen LogP contribution is -2.21. The third-order valence-corrected chi connectivity index (χ3v) is 7.01. The molecule has 1 fully saturated rings. The van der Waals surface area contributed by atoms with Crippen LogP contribution in [-0.2, 0) is 18.3 Å². The lowest BCUT2D eigenvalue weighted by Gasteiger charge is -2.13. The average molecular weight is 521 g/mol. The van der Waals surface area contributed by atoms with Crippen molar-refractivity contribution in [2.45, 2.75) is 25.3 Å². The summed E-state index contributed by atoms with van der Waals surface area (Å²) < 4.78 is 10.2. The zero-order valence-corrected chi connectivity index (χ0v) is 21.8. The van der Waals surface area contributed by atoms with E-state index < -0.39 is 0 Å². The Morgan fingerprint density at radius 3 is 2.74 bits per heavy atom. The Kier molecular flexibility index (Phi) is 6.52. The highest BCUT2D eigenvalue weighted by atomic mass is 16.5. The minimum absolute atomic E-state index is 0.177. The SMILES string of the molecule is COCCNCc1ccc2cn(-c3cc(-c4ccc(C#N)cc4-c4nncn4C)cc(C4CC4)n3)c(=O)n2c1. The van der Waals surface area contributed by atoms with Crippen LogP contribution in [-0.4, -0.2) is 49.0 Å². The quantitative estimate of drug-likeness (QED) is 0.296. The summed E-state index contributed by atoms with van der Waals surface area (Å²) in [5.74, 6) is 1.60. The molecule has 1 N–H and O–H groups in total. The van der Waals surface area contributed by atoms with Gasteiger partial charge in [-0.25, -0.2) is 9.78 Å². The molecule has 5 aromatic rings. The molecule has 0 amide bonds. The van der Waals surface area contributed by atoms with Crippen LogP contribution in [0.3, 0.4) is 0 Å². The second kappa shape index (κ2) is 10.3. The van der Waals surface area contributed by atoms with Crippen molar-refractivity contribution in [2.75, 3.05) is 20.3 Å². The van der Waals surface area contributed by atoms with Crippen molar-refractivity contribution in [3.05, 3.63) is 88.5 Å². The standard InChI is InChI=1S/C29H28N8O2/c1-35-18-32-34-28(35)25-11-19(14-30)4-8-24(25)22-12-26(21-5-6-21)33-27(13-22)37-17-23-7-3-20(15-31-9-10-39-2)16-36(23)29(37)38/h3-4,7-8,11-13,16-18,21,31H,5-6,9-10,15H2,1-2H3. The number of imidazole rings is 1. The van der Waals surface area contributed by atoms with Crippen LogP contribution in [0.25, 0.3) is 33.8 Å². The van der Waals surface area contributed by atoms with E-state index in [2.05, 4.69) is 27.6 Å². The zero-order chi connectivity index (χ0) is 26.9. The predicted molar refractivity (Wildman–Crippen MR) is 146 cm³/mol. The Balaban J connectivity index is 1.45. The van der Waals surface area contributed by atoms with E-state index in [1.165, 1.54) is 0 Å². The maximum Gasteiger partial charge on any atom is 0.338 e. The molecule has 10 heteroatoms. The number of nitrogens with zero attached hydrogens (tertiary/aromatic N) is 7. The molecule has 0 unspecified atom stereocenters. The van der Waals surface area contributed by atoms with Gasteiger partial charge in [0.1, 0.15) is 12.1 Å². The number of pyridine rings is 2. The second-order valence-electron chi connectivity index (χ2n) is 9.83. The highest BCUT2D eigenvalue weighted by Crippen LogP contribution is 2.41. The highest BCUT2D eigenvalue weighted by Gasteiger charge is 2.27. The van der Waals surface area contributed by atoms with Gasteiger partial charge in [0.05, 0.1) is 23.8 Å². The number of nitriles is 1. The van der Waals surface area contributed by atoms with E-state index >= 15 is 0 Å². The smallest absolute Gasteiger partial charge is 0.338 e. The van der Waals surface area contributed by atoms with Gasteiger partial charge >= 0.3 is 5.69 Å². The van der Waals surface area contributed by atoms with Gasteiger partial charge in [0.15, 0.2) is 5.82 Å². The molecule has 1 aliphatic rings. The van der Waals surface area contributed by atoms with Crippen LogP contribution in [0.4, 0.5) is 0 Å². The molecular weight excluding hydrogens is 492 g/mol. The fraction of sp³-hybridized carbons (Fsp3) is 0.276. The Hall–Kier alpha value is -4.59. The van der Waals surface area contributed by atoms with E-state index in [9.17, 15) is 10.1 Å². The molecular formula is C29H28N8O2. The molecule has 10 nitrogen and oxygen atoms in total. The number of ether oxygens (including phenoxy) is 1. The summed E-state index contributed by atoms with van der Waals surface area (Å²) in [5, 5.41) is 21.2. The first-order valence-electron chi connectivity index (χ1n) is 12.9. The van der Waals surface area contributed by atoms with Crippen LogP contribution in [0.2, 0.25) is 0 Å². The number of benzene rings is 1. The number of hydrogen-bond acceptors (Lipinski definition) is 7. The summed E-state index contributed by atoms with van der Waals surface area (Å²) in [5.41, 5.74) is 5.73. The summed E-state index contributed by atoms with van der Waals surface area (Å²) in [6.45, 7) is 2.00. The zero-order valence-electron chi connectivity index (χ0n) is 21.8. The van der Waals surface area contributed by atoms with Gasteiger partial charge in [-0.1, -0.05) is 12.1 Å². The molecule has 1 aromatic carbocycles. The fourth-order valence-corrected chi connectivity index (χ4v) is 4.79. The van der Waals surface area contributed by atoms with Gasteiger partial charge in [-0.3, -0.25) is 8.97 Å². The summed E-state index contributed by atoms with van der Waals surface area (Å²) in [7, 11) is 3.55. The predicted octanol–water partition coefficient (Wildman–Crippen LogP) is 3.43. The minimum Gasteiger partial charge on any atom is -0.383 e. The van der Waals surface area contributed by atoms with Gasteiger partial charge in [-0.15, -0.1) is 10.2 Å². The molecule has 0 aliphatic heterocycles. The number of hydrogen-bond donors (Lipinski definition) is 1. The summed E-state index contributed by atoms with van der Waals surface area (Å²) in [4.78, 5) is 18.5. The van der Waals surface area contributed by atoms with Crippen molar-refractivity contribution in [3.8, 4) is 34.4 Å². The number of methoxy groups -OCH3 is 1. The fourth-order valence-electron chi connectivity index (χ4n) is 4.79. The summed E-state index contributed by atoms with van der Waals surface area (Å²) in [6, 6.07) is 15.8. The lowest BCUT2D eigenvalue weighted by atomic mass is 9.96. The van der Waals surface area contributed by atoms with Crippen molar-refractivity contribution < 1.29 is 4.74 Å². The lowest BCUT2D eigenvalue weighted by molar-refractivity contribution is 0.199. The van der Waals surface area contributed by atoms with Crippen molar-refractivity contribution in [1.82, 2.24) is 34.0 Å². The van der Waals surface area contributed by atoms with Crippen LogP contribution >= 0.6 is 0 Å². The van der Waals surface area contributed by atoms with Crippen molar-refractivity contribution in [2.24, 2.45) is 7.05 Å². The van der Waals surface area contributed by atoms with Crippen molar-refractivity contribution in [1.29, 1.82) is 5.26 Å². The Morgan fingerprint density at radius 2 is 2.00 bits per heavy atom. The molecule has 1 saturated carbocycles. The number of aryl methyl sites for hydroxylation is 1. The molecule has 6 rings (SSSR count). The number of aromatic nitrogens is 6. The van der Waals surface area contributed by atoms with Crippen molar-refractivity contribution in [3.63, 3.8) is 0 Å². The molecule has 4 aromatic heterocycles. The van der Waals surface area contributed by atoms with E-state index in [0.717, 1.165) is 52.9 Å². The van der Waals surface area contributed by atoms with Gasteiger partial charge in [-0.05, 0) is 59.9 Å². The Labute approximate surface area is 225 Å². The van der Waals surface area contributed by atoms with Crippen molar-refractivity contribution >= 4 is 5.52 Å². The number of fused-ring (bicyclic) bond motifs is 1. The first-order valence-corrected chi connectivity index (χ1v) is 12.9. The molecule has 1 aliphatic carbocycles. The molecule has 0 bridgehead atoms. The summed E-state index contributed by atoms with van der Waals surface area (Å²) in [6.07, 6.45) is 7.48. The molecule has 0 atom stereocenters. The Morgan fingerprint density at radius 1 is 1.13 bits per heavy atom. The minimum atomic E-state index is -0.177. The number of rotatable bonds is 9. The first kappa shape index (κ1) is 24.7. The third-order valence-electron chi connectivity index (χ3n) is 7.01. The van der Waals surface area contributed by atoms with Crippen LogP contribution in [0, 0.1) is 11.3 Å². The molecule has 196 valence electrons. The number of nitrogens with one attached hydrogen (secondary N) is 1. The van der Waals surface area contributed by atoms with E-state index in [4.69, 9.17) is 9.72 Å². The van der Waals surface area contributed by atoms with E-state index in [-0.39, 0.29) is 5.69 Å². The van der Waals surface area contributed by atoms with Gasteiger partial charge in [-0.2, -0.15) is 5.26 Å². The highest BCUT2D eigenvalue weighted by molar-refractivity contribution is 5.82. The normalized spacial score (nSPS) is 13.2.